The van der Waals surface area contributed by atoms with Crippen LogP contribution in [0.25, 0.3) is 0 Å². The molecule has 0 saturated carbocycles. The highest BCUT2D eigenvalue weighted by Crippen LogP contribution is 2.27. The Balaban J connectivity index is 1.47. The molecule has 1 aromatic carbocycles. The van der Waals surface area contributed by atoms with E-state index in [-0.39, 0.29) is 5.91 Å². The Morgan fingerprint density at radius 3 is 2.74 bits per heavy atom. The third kappa shape index (κ3) is 5.13. The standard InChI is InChI=1S/C19H27N5OS2/c1-4-8-20-18-21-22-19(27-18)26-13-17(25)24-11-9-23(10-12-24)16-7-5-6-14(2)15(16)3/h5-7H,4,8-13H2,1-3H3,(H,20,21). The van der Waals surface area contributed by atoms with Crippen molar-refractivity contribution in [1.29, 1.82) is 0 Å². The van der Waals surface area contributed by atoms with Crippen molar-refractivity contribution in [2.24, 2.45) is 0 Å². The third-order valence-corrected chi connectivity index (χ3v) is 6.80. The summed E-state index contributed by atoms with van der Waals surface area (Å²) in [5.41, 5.74) is 3.93. The molecule has 1 amide bonds. The lowest BCUT2D eigenvalue weighted by atomic mass is 10.1. The summed E-state index contributed by atoms with van der Waals surface area (Å²) in [5, 5.41) is 12.3. The molecule has 1 aliphatic rings. The first-order valence-corrected chi connectivity index (χ1v) is 11.2. The minimum absolute atomic E-state index is 0.180. The topological polar surface area (TPSA) is 61.4 Å². The maximum absolute atomic E-state index is 12.5. The zero-order valence-electron chi connectivity index (χ0n) is 16.2. The third-order valence-electron chi connectivity index (χ3n) is 4.80. The molecule has 3 rings (SSSR count). The second-order valence-electron chi connectivity index (χ2n) is 6.68. The van der Waals surface area contributed by atoms with E-state index in [0.717, 1.165) is 48.6 Å². The highest BCUT2D eigenvalue weighted by Gasteiger charge is 2.22. The average Bonchev–Trinajstić information content (AvgIpc) is 3.14. The van der Waals surface area contributed by atoms with Gasteiger partial charge in [-0.25, -0.2) is 0 Å². The first kappa shape index (κ1) is 19.9. The van der Waals surface area contributed by atoms with Crippen molar-refractivity contribution in [2.75, 3.05) is 48.7 Å². The van der Waals surface area contributed by atoms with E-state index in [0.29, 0.717) is 5.75 Å². The lowest BCUT2D eigenvalue weighted by Gasteiger charge is -2.37. The number of thioether (sulfide) groups is 1. The summed E-state index contributed by atoms with van der Waals surface area (Å²) in [6.45, 7) is 10.6. The monoisotopic (exact) mass is 405 g/mol. The van der Waals surface area contributed by atoms with Crippen molar-refractivity contribution in [3.8, 4) is 0 Å². The van der Waals surface area contributed by atoms with Crippen molar-refractivity contribution >= 4 is 39.8 Å². The first-order valence-electron chi connectivity index (χ1n) is 9.37. The molecule has 2 aromatic rings. The van der Waals surface area contributed by atoms with Crippen LogP contribution >= 0.6 is 23.1 Å². The summed E-state index contributed by atoms with van der Waals surface area (Å²) in [4.78, 5) is 16.9. The van der Waals surface area contributed by atoms with Gasteiger partial charge in [-0.15, -0.1) is 10.2 Å². The fourth-order valence-corrected chi connectivity index (χ4v) is 4.74. The molecule has 2 heterocycles. The zero-order valence-corrected chi connectivity index (χ0v) is 17.8. The number of piperazine rings is 1. The Hall–Kier alpha value is -1.80. The quantitative estimate of drug-likeness (QED) is 0.712. The van der Waals surface area contributed by atoms with Crippen LogP contribution in [0, 0.1) is 13.8 Å². The first-order chi connectivity index (χ1) is 13.1. The predicted octanol–water partition coefficient (Wildman–Crippen LogP) is 3.42. The summed E-state index contributed by atoms with van der Waals surface area (Å²) in [6.07, 6.45) is 1.05. The van der Waals surface area contributed by atoms with Crippen molar-refractivity contribution in [2.45, 2.75) is 31.5 Å². The van der Waals surface area contributed by atoms with Crippen LogP contribution in [-0.4, -0.2) is 59.5 Å². The molecule has 0 atom stereocenters. The maximum atomic E-state index is 12.5. The smallest absolute Gasteiger partial charge is 0.233 e. The number of rotatable bonds is 7. The van der Waals surface area contributed by atoms with Gasteiger partial charge in [0.25, 0.3) is 0 Å². The van der Waals surface area contributed by atoms with E-state index in [1.165, 1.54) is 39.9 Å². The average molecular weight is 406 g/mol. The normalized spacial score (nSPS) is 14.5. The number of nitrogens with zero attached hydrogens (tertiary/aromatic N) is 4. The molecule has 0 spiro atoms. The van der Waals surface area contributed by atoms with E-state index in [1.807, 2.05) is 4.90 Å². The van der Waals surface area contributed by atoms with Crippen LogP contribution in [-0.2, 0) is 4.79 Å². The number of aryl methyl sites for hydroxylation is 1. The molecule has 0 bridgehead atoms. The van der Waals surface area contributed by atoms with Crippen LogP contribution < -0.4 is 10.2 Å². The molecular formula is C19H27N5OS2. The molecule has 27 heavy (non-hydrogen) atoms. The Bertz CT molecular complexity index is 771. The number of carbonyl (C=O) groups is 1. The van der Waals surface area contributed by atoms with Gasteiger partial charge in [0.05, 0.1) is 5.75 Å². The SMILES string of the molecule is CCCNc1nnc(SCC(=O)N2CCN(c3cccc(C)c3C)CC2)s1. The van der Waals surface area contributed by atoms with E-state index in [9.17, 15) is 4.79 Å². The van der Waals surface area contributed by atoms with Gasteiger partial charge in [0.1, 0.15) is 0 Å². The Morgan fingerprint density at radius 1 is 1.22 bits per heavy atom. The van der Waals surface area contributed by atoms with Crippen LogP contribution in [0.2, 0.25) is 0 Å². The Kier molecular flexibility index (Phi) is 6.95. The minimum atomic E-state index is 0.180. The highest BCUT2D eigenvalue weighted by molar-refractivity contribution is 8.01. The van der Waals surface area contributed by atoms with Crippen molar-refractivity contribution in [3.05, 3.63) is 29.3 Å². The Labute approximate surface area is 169 Å². The van der Waals surface area contributed by atoms with Gasteiger partial charge in [-0.05, 0) is 37.5 Å². The summed E-state index contributed by atoms with van der Waals surface area (Å²) < 4.78 is 0.843. The number of nitrogens with one attached hydrogen (secondary N) is 1. The molecule has 0 aliphatic carbocycles. The van der Waals surface area contributed by atoms with E-state index in [2.05, 4.69) is 59.4 Å². The van der Waals surface area contributed by atoms with Crippen molar-refractivity contribution in [3.63, 3.8) is 0 Å². The van der Waals surface area contributed by atoms with Gasteiger partial charge in [0, 0.05) is 38.4 Å². The number of hydrogen-bond acceptors (Lipinski definition) is 7. The van der Waals surface area contributed by atoms with Crippen LogP contribution in [0.1, 0.15) is 24.5 Å². The fourth-order valence-electron chi connectivity index (χ4n) is 3.06. The van der Waals surface area contributed by atoms with Gasteiger partial charge < -0.3 is 15.1 Å². The van der Waals surface area contributed by atoms with Crippen LogP contribution in [0.5, 0.6) is 0 Å². The molecule has 1 N–H and O–H groups in total. The second-order valence-corrected chi connectivity index (χ2v) is 8.88. The van der Waals surface area contributed by atoms with Gasteiger partial charge in [0.15, 0.2) is 4.34 Å². The van der Waals surface area contributed by atoms with E-state index in [1.54, 1.807) is 0 Å². The van der Waals surface area contributed by atoms with Crippen molar-refractivity contribution < 1.29 is 4.79 Å². The molecular weight excluding hydrogens is 378 g/mol. The predicted molar refractivity (Wildman–Crippen MR) is 114 cm³/mol. The van der Waals surface area contributed by atoms with Crippen LogP contribution in [0.15, 0.2) is 22.5 Å². The summed E-state index contributed by atoms with van der Waals surface area (Å²) in [7, 11) is 0. The number of benzene rings is 1. The van der Waals surface area contributed by atoms with Gasteiger partial charge in [0.2, 0.25) is 11.0 Å². The van der Waals surface area contributed by atoms with E-state index >= 15 is 0 Å². The van der Waals surface area contributed by atoms with Crippen LogP contribution in [0.4, 0.5) is 10.8 Å². The highest BCUT2D eigenvalue weighted by atomic mass is 32.2. The number of hydrogen-bond donors (Lipinski definition) is 1. The molecule has 1 aromatic heterocycles. The van der Waals surface area contributed by atoms with E-state index in [4.69, 9.17) is 0 Å². The zero-order chi connectivity index (χ0) is 19.2. The van der Waals surface area contributed by atoms with Gasteiger partial charge in [-0.1, -0.05) is 42.2 Å². The lowest BCUT2D eigenvalue weighted by Crippen LogP contribution is -2.49. The largest absolute Gasteiger partial charge is 0.368 e. The molecule has 1 fully saturated rings. The maximum Gasteiger partial charge on any atom is 0.233 e. The molecule has 1 aliphatic heterocycles. The van der Waals surface area contributed by atoms with Gasteiger partial charge >= 0.3 is 0 Å². The molecule has 1 saturated heterocycles. The van der Waals surface area contributed by atoms with E-state index < -0.39 is 0 Å². The summed E-state index contributed by atoms with van der Waals surface area (Å²) in [5.74, 6) is 0.602. The molecule has 6 nitrogen and oxygen atoms in total. The Morgan fingerprint density at radius 2 is 2.00 bits per heavy atom. The molecule has 146 valence electrons. The number of amides is 1. The number of aromatic nitrogens is 2. The van der Waals surface area contributed by atoms with Gasteiger partial charge in [-0.3, -0.25) is 4.79 Å². The fraction of sp³-hybridized carbons (Fsp3) is 0.526. The van der Waals surface area contributed by atoms with Crippen LogP contribution in [0.3, 0.4) is 0 Å². The summed E-state index contributed by atoms with van der Waals surface area (Å²) >= 11 is 2.99. The number of carbonyl (C=O) groups excluding carboxylic acids is 1. The van der Waals surface area contributed by atoms with Gasteiger partial charge in [-0.2, -0.15) is 0 Å². The molecule has 8 heteroatoms. The number of anilines is 2. The minimum Gasteiger partial charge on any atom is -0.368 e. The molecule has 0 radical (unpaired) electrons. The molecule has 0 unspecified atom stereocenters. The summed E-state index contributed by atoms with van der Waals surface area (Å²) in [6, 6.07) is 6.43. The van der Waals surface area contributed by atoms with Crippen molar-refractivity contribution in [1.82, 2.24) is 15.1 Å². The second kappa shape index (κ2) is 9.41. The lowest BCUT2D eigenvalue weighted by molar-refractivity contribution is -0.128.